The fourth-order valence-electron chi connectivity index (χ4n) is 1.69. The minimum atomic E-state index is 0.794. The Bertz CT molecular complexity index is 126. The quantitative estimate of drug-likeness (QED) is 0.359. The highest BCUT2D eigenvalue weighted by Crippen LogP contribution is 2.07. The van der Waals surface area contributed by atoms with Gasteiger partial charge in [0, 0.05) is 39.3 Å². The van der Waals surface area contributed by atoms with E-state index in [-0.39, 0.29) is 0 Å². The van der Waals surface area contributed by atoms with Gasteiger partial charge in [0.1, 0.15) is 0 Å². The van der Waals surface area contributed by atoms with Crippen LogP contribution >= 0.6 is 0 Å². The molecule has 0 amide bonds. The molecule has 0 radical (unpaired) electrons. The maximum Gasteiger partial charge on any atom is 0.0181 e. The van der Waals surface area contributed by atoms with Crippen LogP contribution in [0.5, 0.6) is 0 Å². The van der Waals surface area contributed by atoms with Crippen LogP contribution < -0.4 is 16.5 Å². The van der Waals surface area contributed by atoms with Crippen LogP contribution in [0.15, 0.2) is 0 Å². The van der Waals surface area contributed by atoms with Gasteiger partial charge in [0.25, 0.3) is 0 Å². The maximum atomic E-state index is 5.87. The van der Waals surface area contributed by atoms with Crippen molar-refractivity contribution in [1.29, 1.82) is 0 Å². The van der Waals surface area contributed by atoms with E-state index in [1.807, 2.05) is 5.01 Å². The normalized spacial score (nSPS) is 25.5. The first kappa shape index (κ1) is 8.44. The van der Waals surface area contributed by atoms with Gasteiger partial charge < -0.3 is 10.6 Å². The summed E-state index contributed by atoms with van der Waals surface area (Å²) in [5.41, 5.74) is 0. The topological polar surface area (TPSA) is 53.3 Å². The number of rotatable bonds is 4. The van der Waals surface area contributed by atoms with E-state index in [0.29, 0.717) is 0 Å². The lowest BCUT2D eigenvalue weighted by atomic mass is 10.0. The summed E-state index contributed by atoms with van der Waals surface area (Å²) in [6.45, 7) is 6.72. The van der Waals surface area contributed by atoms with Crippen LogP contribution in [0, 0.1) is 11.8 Å². The van der Waals surface area contributed by atoms with Crippen LogP contribution in [-0.2, 0) is 0 Å². The third-order valence-electron chi connectivity index (χ3n) is 2.72. The van der Waals surface area contributed by atoms with Crippen LogP contribution in [0.2, 0.25) is 0 Å². The molecule has 2 rings (SSSR count). The van der Waals surface area contributed by atoms with Crippen molar-refractivity contribution in [1.82, 2.24) is 15.6 Å². The Morgan fingerprint density at radius 1 is 1.00 bits per heavy atom. The summed E-state index contributed by atoms with van der Waals surface area (Å²) in [5.74, 6) is 7.46. The molecule has 0 aromatic heterocycles. The van der Waals surface area contributed by atoms with Gasteiger partial charge in [0.15, 0.2) is 0 Å². The number of nitrogens with zero attached hydrogens (tertiary/aromatic N) is 1. The van der Waals surface area contributed by atoms with Gasteiger partial charge in [0.2, 0.25) is 0 Å². The molecular formula is C8H18N4. The van der Waals surface area contributed by atoms with Crippen molar-refractivity contribution >= 4 is 0 Å². The number of hydrazine groups is 1. The van der Waals surface area contributed by atoms with Gasteiger partial charge in [-0.15, -0.1) is 0 Å². The SMILES string of the molecule is NN(CC1CNC1)CC1CNC1. The zero-order valence-corrected chi connectivity index (χ0v) is 7.42. The largest absolute Gasteiger partial charge is 0.316 e. The molecule has 0 aromatic rings. The van der Waals surface area contributed by atoms with Crippen molar-refractivity contribution in [2.75, 3.05) is 39.3 Å². The average Bonchev–Trinajstić information content (AvgIpc) is 1.89. The van der Waals surface area contributed by atoms with Crippen molar-refractivity contribution in [3.05, 3.63) is 0 Å². The third kappa shape index (κ3) is 1.95. The summed E-state index contributed by atoms with van der Waals surface area (Å²) in [5, 5.41) is 8.49. The van der Waals surface area contributed by atoms with Crippen molar-refractivity contribution in [2.24, 2.45) is 17.7 Å². The summed E-state index contributed by atoms with van der Waals surface area (Å²) in [4.78, 5) is 0. The highest BCUT2D eigenvalue weighted by molar-refractivity contribution is 4.80. The molecule has 0 saturated carbocycles. The fraction of sp³-hybridized carbons (Fsp3) is 1.00. The molecule has 0 aliphatic carbocycles. The van der Waals surface area contributed by atoms with Gasteiger partial charge in [-0.25, -0.2) is 5.01 Å². The van der Waals surface area contributed by atoms with E-state index >= 15 is 0 Å². The smallest absolute Gasteiger partial charge is 0.0181 e. The lowest BCUT2D eigenvalue weighted by Crippen LogP contribution is -2.54. The fourth-order valence-corrected chi connectivity index (χ4v) is 1.69. The van der Waals surface area contributed by atoms with E-state index in [9.17, 15) is 0 Å². The maximum absolute atomic E-state index is 5.87. The Kier molecular flexibility index (Phi) is 2.60. The Morgan fingerprint density at radius 3 is 1.67 bits per heavy atom. The number of nitrogens with two attached hydrogens (primary N) is 1. The molecule has 0 spiro atoms. The van der Waals surface area contributed by atoms with E-state index < -0.39 is 0 Å². The molecule has 4 heteroatoms. The molecule has 0 atom stereocenters. The van der Waals surface area contributed by atoms with Crippen LogP contribution in [-0.4, -0.2) is 44.3 Å². The van der Waals surface area contributed by atoms with Gasteiger partial charge in [0.05, 0.1) is 0 Å². The molecule has 4 nitrogen and oxygen atoms in total. The second-order valence-electron chi connectivity index (χ2n) is 4.00. The average molecular weight is 170 g/mol. The van der Waals surface area contributed by atoms with Crippen molar-refractivity contribution in [3.8, 4) is 0 Å². The van der Waals surface area contributed by atoms with Crippen molar-refractivity contribution in [2.45, 2.75) is 0 Å². The summed E-state index contributed by atoms with van der Waals surface area (Å²) in [7, 11) is 0. The highest BCUT2D eigenvalue weighted by Gasteiger charge is 2.22. The first-order valence-corrected chi connectivity index (χ1v) is 4.75. The van der Waals surface area contributed by atoms with Gasteiger partial charge in [-0.05, 0) is 11.8 Å². The van der Waals surface area contributed by atoms with Crippen LogP contribution in [0.3, 0.4) is 0 Å². The molecule has 70 valence electrons. The van der Waals surface area contributed by atoms with Gasteiger partial charge in [-0.3, -0.25) is 5.84 Å². The van der Waals surface area contributed by atoms with E-state index in [1.165, 1.54) is 0 Å². The van der Waals surface area contributed by atoms with Crippen molar-refractivity contribution in [3.63, 3.8) is 0 Å². The molecular weight excluding hydrogens is 152 g/mol. The first-order valence-electron chi connectivity index (χ1n) is 4.75. The number of nitrogens with one attached hydrogen (secondary N) is 2. The highest BCUT2D eigenvalue weighted by atomic mass is 15.4. The summed E-state index contributed by atoms with van der Waals surface area (Å²) in [6.07, 6.45) is 0. The predicted molar refractivity (Wildman–Crippen MR) is 48.5 cm³/mol. The second kappa shape index (κ2) is 3.70. The van der Waals surface area contributed by atoms with Crippen LogP contribution in [0.1, 0.15) is 0 Å². The predicted octanol–water partition coefficient (Wildman–Crippen LogP) is -1.40. The number of hydrogen-bond acceptors (Lipinski definition) is 4. The molecule has 0 aromatic carbocycles. The van der Waals surface area contributed by atoms with Gasteiger partial charge >= 0.3 is 0 Å². The van der Waals surface area contributed by atoms with Gasteiger partial charge in [-0.2, -0.15) is 0 Å². The van der Waals surface area contributed by atoms with E-state index in [2.05, 4.69) is 10.6 Å². The Morgan fingerprint density at radius 2 is 1.42 bits per heavy atom. The second-order valence-corrected chi connectivity index (χ2v) is 4.00. The zero-order valence-electron chi connectivity index (χ0n) is 7.42. The lowest BCUT2D eigenvalue weighted by molar-refractivity contribution is 0.151. The minimum absolute atomic E-state index is 0.794. The molecule has 0 unspecified atom stereocenters. The molecule has 12 heavy (non-hydrogen) atoms. The molecule has 4 N–H and O–H groups in total. The zero-order chi connectivity index (χ0) is 8.39. The van der Waals surface area contributed by atoms with E-state index in [0.717, 1.165) is 51.1 Å². The lowest BCUT2D eigenvalue weighted by Gasteiger charge is -2.35. The van der Waals surface area contributed by atoms with E-state index in [4.69, 9.17) is 5.84 Å². The third-order valence-corrected chi connectivity index (χ3v) is 2.72. The summed E-state index contributed by atoms with van der Waals surface area (Å²) < 4.78 is 0. The first-order chi connectivity index (χ1) is 5.84. The number of hydrogen-bond donors (Lipinski definition) is 3. The monoisotopic (exact) mass is 170 g/mol. The van der Waals surface area contributed by atoms with E-state index in [1.54, 1.807) is 0 Å². The molecule has 2 saturated heterocycles. The minimum Gasteiger partial charge on any atom is -0.316 e. The van der Waals surface area contributed by atoms with Crippen molar-refractivity contribution < 1.29 is 0 Å². The Balaban J connectivity index is 1.58. The summed E-state index contributed by atoms with van der Waals surface area (Å²) >= 11 is 0. The summed E-state index contributed by atoms with van der Waals surface area (Å²) in [6, 6.07) is 0. The molecule has 2 heterocycles. The molecule has 2 aliphatic heterocycles. The van der Waals surface area contributed by atoms with Gasteiger partial charge in [-0.1, -0.05) is 0 Å². The Labute approximate surface area is 73.5 Å². The molecule has 0 bridgehead atoms. The molecule has 2 aliphatic rings. The standard InChI is InChI=1S/C8H18N4/c9-12(5-7-1-10-2-7)6-8-3-11-4-8/h7-8,10-11H,1-6,9H2. The molecule has 2 fully saturated rings. The van der Waals surface area contributed by atoms with Crippen LogP contribution in [0.4, 0.5) is 0 Å². The van der Waals surface area contributed by atoms with Crippen LogP contribution in [0.25, 0.3) is 0 Å². The Hall–Kier alpha value is -0.160.